The molecule has 28 heavy (non-hydrogen) atoms. The molecule has 3 N–H and O–H groups in total. The summed E-state index contributed by atoms with van der Waals surface area (Å²) >= 11 is 1.71. The van der Waals surface area contributed by atoms with Crippen molar-refractivity contribution in [3.8, 4) is 33.6 Å². The van der Waals surface area contributed by atoms with Gasteiger partial charge in [-0.1, -0.05) is 18.2 Å². The average molecular weight is 381 g/mol. The largest absolute Gasteiger partial charge is 0.353 e. The molecule has 0 aliphatic carbocycles. The van der Waals surface area contributed by atoms with E-state index in [9.17, 15) is 0 Å². The van der Waals surface area contributed by atoms with Gasteiger partial charge in [0.2, 0.25) is 0 Å². The summed E-state index contributed by atoms with van der Waals surface area (Å²) in [4.78, 5) is 3.55. The first kappa shape index (κ1) is 15.4. The molecule has 0 aliphatic heterocycles. The topological polar surface area (TPSA) is 73.2 Å². The third kappa shape index (κ3) is 2.32. The van der Waals surface area contributed by atoms with Gasteiger partial charge in [0.05, 0.1) is 17.4 Å². The van der Waals surface area contributed by atoms with E-state index in [2.05, 4.69) is 84.7 Å². The van der Waals surface area contributed by atoms with Gasteiger partial charge in [-0.3, -0.25) is 10.2 Å². The van der Waals surface area contributed by atoms with E-state index in [4.69, 9.17) is 0 Å². The number of benzene rings is 2. The molecule has 0 spiro atoms. The normalized spacial score (nSPS) is 11.6. The third-order valence-corrected chi connectivity index (χ3v) is 5.83. The minimum absolute atomic E-state index is 0.924. The van der Waals surface area contributed by atoms with Gasteiger partial charge in [0.15, 0.2) is 0 Å². The Kier molecular flexibility index (Phi) is 3.27. The van der Waals surface area contributed by atoms with E-state index in [1.807, 2.05) is 12.4 Å². The first-order valence-corrected chi connectivity index (χ1v) is 9.93. The van der Waals surface area contributed by atoms with Gasteiger partial charge in [0, 0.05) is 28.0 Å². The van der Waals surface area contributed by atoms with Gasteiger partial charge in [-0.05, 0) is 57.8 Å². The van der Waals surface area contributed by atoms with Crippen molar-refractivity contribution in [2.45, 2.75) is 0 Å². The van der Waals surface area contributed by atoms with Gasteiger partial charge < -0.3 is 4.98 Å². The first-order chi connectivity index (χ1) is 13.9. The Hall–Kier alpha value is -3.64. The van der Waals surface area contributed by atoms with Crippen LogP contribution in [0.2, 0.25) is 0 Å². The molecule has 0 unspecified atom stereocenters. The molecule has 6 heteroatoms. The van der Waals surface area contributed by atoms with Crippen LogP contribution in [0.4, 0.5) is 0 Å². The van der Waals surface area contributed by atoms with Crippen LogP contribution >= 0.6 is 11.3 Å². The van der Waals surface area contributed by atoms with Crippen molar-refractivity contribution in [3.63, 3.8) is 0 Å². The molecule has 0 fully saturated rings. The van der Waals surface area contributed by atoms with Crippen LogP contribution in [0.5, 0.6) is 0 Å². The molecule has 0 aliphatic rings. The lowest BCUT2D eigenvalue weighted by Gasteiger charge is -1.99. The Bertz CT molecular complexity index is 1400. The predicted molar refractivity (Wildman–Crippen MR) is 114 cm³/mol. The summed E-state index contributed by atoms with van der Waals surface area (Å²) in [6.07, 6.45) is 3.73. The molecule has 0 radical (unpaired) electrons. The highest BCUT2D eigenvalue weighted by molar-refractivity contribution is 7.08. The molecule has 5 nitrogen and oxygen atoms in total. The lowest BCUT2D eigenvalue weighted by Crippen LogP contribution is -1.79. The number of H-pyrrole nitrogens is 3. The Morgan fingerprint density at radius 1 is 0.857 bits per heavy atom. The van der Waals surface area contributed by atoms with Gasteiger partial charge in [-0.25, -0.2) is 0 Å². The molecule has 0 bridgehead atoms. The molecule has 6 rings (SSSR count). The molecule has 2 aromatic carbocycles. The van der Waals surface area contributed by atoms with Gasteiger partial charge in [-0.15, -0.1) is 0 Å². The van der Waals surface area contributed by atoms with Crippen LogP contribution in [0, 0.1) is 0 Å². The highest BCUT2D eigenvalue weighted by atomic mass is 32.1. The van der Waals surface area contributed by atoms with Gasteiger partial charge in [-0.2, -0.15) is 21.5 Å². The van der Waals surface area contributed by atoms with Gasteiger partial charge in [0.1, 0.15) is 5.69 Å². The zero-order valence-electron chi connectivity index (χ0n) is 14.7. The molecule has 0 saturated carbocycles. The highest BCUT2D eigenvalue weighted by Gasteiger charge is 2.14. The van der Waals surface area contributed by atoms with Crippen molar-refractivity contribution >= 4 is 33.1 Å². The van der Waals surface area contributed by atoms with E-state index >= 15 is 0 Å². The van der Waals surface area contributed by atoms with Crippen molar-refractivity contribution < 1.29 is 0 Å². The fourth-order valence-corrected chi connectivity index (χ4v) is 4.42. The third-order valence-electron chi connectivity index (χ3n) is 5.15. The van der Waals surface area contributed by atoms with Crippen LogP contribution in [0.25, 0.3) is 55.4 Å². The summed E-state index contributed by atoms with van der Waals surface area (Å²) in [5.41, 5.74) is 8.71. The van der Waals surface area contributed by atoms with E-state index in [1.165, 1.54) is 16.5 Å². The Labute approximate surface area is 164 Å². The number of nitrogens with zero attached hydrogens (tertiary/aromatic N) is 2. The standard InChI is InChI=1S/C22H15N5S/c1-2-16(14-6-7-28-12-14)17-9-21(25-19(17)3-1)22-18-8-13(15-10-23-24-11-15)4-5-20(18)26-27-22/h1-12,25H,(H,23,24)(H,26,27). The molecule has 134 valence electrons. The summed E-state index contributed by atoms with van der Waals surface area (Å²) in [6, 6.07) is 17.0. The maximum atomic E-state index is 4.60. The van der Waals surface area contributed by atoms with Crippen LogP contribution < -0.4 is 0 Å². The van der Waals surface area contributed by atoms with Crippen molar-refractivity contribution in [1.29, 1.82) is 0 Å². The summed E-state index contributed by atoms with van der Waals surface area (Å²) in [5, 5.41) is 21.3. The number of fused-ring (bicyclic) bond motifs is 2. The van der Waals surface area contributed by atoms with Crippen molar-refractivity contribution in [2.24, 2.45) is 0 Å². The zero-order chi connectivity index (χ0) is 18.5. The number of aromatic nitrogens is 5. The number of aromatic amines is 3. The van der Waals surface area contributed by atoms with Crippen molar-refractivity contribution in [3.05, 3.63) is 71.7 Å². The van der Waals surface area contributed by atoms with Gasteiger partial charge >= 0.3 is 0 Å². The molecule has 4 aromatic heterocycles. The Balaban J connectivity index is 1.55. The fraction of sp³-hybridized carbons (Fsp3) is 0. The lowest BCUT2D eigenvalue weighted by molar-refractivity contribution is 1.09. The van der Waals surface area contributed by atoms with Crippen LogP contribution in [0.3, 0.4) is 0 Å². The van der Waals surface area contributed by atoms with Crippen LogP contribution in [0.1, 0.15) is 0 Å². The van der Waals surface area contributed by atoms with E-state index < -0.39 is 0 Å². The van der Waals surface area contributed by atoms with Crippen LogP contribution in [-0.2, 0) is 0 Å². The SMILES string of the molecule is c1cc(-c2ccsc2)c2cc(-c3n[nH]c4ccc(-c5cn[nH]c5)cc34)[nH]c2c1. The molecule has 4 heterocycles. The van der Waals surface area contributed by atoms with Crippen LogP contribution in [0.15, 0.2) is 71.7 Å². The number of nitrogens with one attached hydrogen (secondary N) is 3. The highest BCUT2D eigenvalue weighted by Crippen LogP contribution is 2.35. The van der Waals surface area contributed by atoms with Gasteiger partial charge in [0.25, 0.3) is 0 Å². The molecule has 6 aromatic rings. The number of rotatable bonds is 3. The second-order valence-electron chi connectivity index (χ2n) is 6.78. The smallest absolute Gasteiger partial charge is 0.116 e. The quantitative estimate of drug-likeness (QED) is 0.361. The minimum Gasteiger partial charge on any atom is -0.353 e. The summed E-state index contributed by atoms with van der Waals surface area (Å²) in [7, 11) is 0. The fourth-order valence-electron chi connectivity index (χ4n) is 3.76. The molecule has 0 atom stereocenters. The zero-order valence-corrected chi connectivity index (χ0v) is 15.5. The second-order valence-corrected chi connectivity index (χ2v) is 7.56. The number of hydrogen-bond donors (Lipinski definition) is 3. The summed E-state index contributed by atoms with van der Waals surface area (Å²) < 4.78 is 0. The predicted octanol–water partition coefficient (Wildman–Crippen LogP) is 5.83. The first-order valence-electron chi connectivity index (χ1n) is 8.99. The molecular formula is C22H15N5S. The lowest BCUT2D eigenvalue weighted by atomic mass is 10.0. The van der Waals surface area contributed by atoms with E-state index in [-0.39, 0.29) is 0 Å². The molecule has 0 saturated heterocycles. The Morgan fingerprint density at radius 3 is 2.71 bits per heavy atom. The number of hydrogen-bond acceptors (Lipinski definition) is 3. The van der Waals surface area contributed by atoms with Crippen molar-refractivity contribution in [1.82, 2.24) is 25.4 Å². The van der Waals surface area contributed by atoms with Crippen molar-refractivity contribution in [2.75, 3.05) is 0 Å². The monoisotopic (exact) mass is 381 g/mol. The average Bonchev–Trinajstić information content (AvgIpc) is 3.53. The van der Waals surface area contributed by atoms with E-state index in [1.54, 1.807) is 11.3 Å². The molecular weight excluding hydrogens is 366 g/mol. The maximum Gasteiger partial charge on any atom is 0.116 e. The van der Waals surface area contributed by atoms with E-state index in [0.717, 1.165) is 38.9 Å². The maximum absolute atomic E-state index is 4.60. The van der Waals surface area contributed by atoms with E-state index in [0.29, 0.717) is 0 Å². The molecule has 0 amide bonds. The second kappa shape index (κ2) is 5.94. The Morgan fingerprint density at radius 2 is 1.86 bits per heavy atom. The number of thiophene rings is 1. The summed E-state index contributed by atoms with van der Waals surface area (Å²) in [6.45, 7) is 0. The van der Waals surface area contributed by atoms with Crippen LogP contribution in [-0.4, -0.2) is 25.4 Å². The summed E-state index contributed by atoms with van der Waals surface area (Å²) in [5.74, 6) is 0. The minimum atomic E-state index is 0.924.